The van der Waals surface area contributed by atoms with Crippen molar-refractivity contribution in [1.29, 1.82) is 0 Å². The Kier molecular flexibility index (Phi) is 4.43. The molecule has 0 bridgehead atoms. The van der Waals surface area contributed by atoms with Crippen molar-refractivity contribution in [1.82, 2.24) is 0 Å². The van der Waals surface area contributed by atoms with Crippen molar-refractivity contribution in [3.05, 3.63) is 0 Å². The Morgan fingerprint density at radius 3 is 2.71 bits per heavy atom. The fourth-order valence-corrected chi connectivity index (χ4v) is 2.31. The fraction of sp³-hybridized carbons (Fsp3) is 0.917. The molecule has 0 amide bonds. The molecule has 1 saturated carbocycles. The van der Waals surface area contributed by atoms with E-state index in [1.54, 1.807) is 0 Å². The van der Waals surface area contributed by atoms with Gasteiger partial charge in [0.1, 0.15) is 0 Å². The molecule has 2 atom stereocenters. The minimum Gasteiger partial charge on any atom is -0.466 e. The first kappa shape index (κ1) is 11.5. The molecule has 1 aliphatic rings. The van der Waals surface area contributed by atoms with Gasteiger partial charge in [-0.3, -0.25) is 4.79 Å². The lowest BCUT2D eigenvalue weighted by molar-refractivity contribution is -0.149. The Hall–Kier alpha value is -0.530. The molecular weight excluding hydrogens is 176 g/mol. The van der Waals surface area contributed by atoms with E-state index in [4.69, 9.17) is 4.74 Å². The van der Waals surface area contributed by atoms with Gasteiger partial charge in [0.25, 0.3) is 0 Å². The Bertz CT molecular complexity index is 187. The molecule has 1 rings (SSSR count). The topological polar surface area (TPSA) is 26.3 Å². The third-order valence-corrected chi connectivity index (χ3v) is 3.28. The van der Waals surface area contributed by atoms with Crippen LogP contribution in [0.3, 0.4) is 0 Å². The average Bonchev–Trinajstić information content (AvgIpc) is 2.18. The Morgan fingerprint density at radius 2 is 2.14 bits per heavy atom. The van der Waals surface area contributed by atoms with Crippen molar-refractivity contribution in [3.8, 4) is 0 Å². The monoisotopic (exact) mass is 198 g/mol. The normalized spacial score (nSPS) is 27.7. The maximum atomic E-state index is 11.5. The molecule has 0 heterocycles. The third-order valence-electron chi connectivity index (χ3n) is 3.28. The highest BCUT2D eigenvalue weighted by Gasteiger charge is 2.29. The average molecular weight is 198 g/mol. The molecule has 1 aliphatic carbocycles. The second-order valence-corrected chi connectivity index (χ2v) is 4.62. The largest absolute Gasteiger partial charge is 0.466 e. The van der Waals surface area contributed by atoms with Crippen LogP contribution in [0.25, 0.3) is 0 Å². The van der Waals surface area contributed by atoms with Crippen LogP contribution in [0.15, 0.2) is 0 Å². The van der Waals surface area contributed by atoms with Crippen LogP contribution >= 0.6 is 0 Å². The zero-order valence-electron chi connectivity index (χ0n) is 9.58. The lowest BCUT2D eigenvalue weighted by atomic mass is 9.76. The van der Waals surface area contributed by atoms with Crippen molar-refractivity contribution < 1.29 is 9.53 Å². The Balaban J connectivity index is 2.43. The SMILES string of the molecule is CCOC(=O)C1CCCC(C(C)C)C1. The summed E-state index contributed by atoms with van der Waals surface area (Å²) < 4.78 is 5.07. The molecule has 14 heavy (non-hydrogen) atoms. The van der Waals surface area contributed by atoms with Gasteiger partial charge in [0.05, 0.1) is 12.5 Å². The molecular formula is C12H22O2. The van der Waals surface area contributed by atoms with E-state index >= 15 is 0 Å². The van der Waals surface area contributed by atoms with Crippen LogP contribution in [-0.4, -0.2) is 12.6 Å². The van der Waals surface area contributed by atoms with E-state index in [2.05, 4.69) is 13.8 Å². The first-order valence-corrected chi connectivity index (χ1v) is 5.81. The molecule has 0 aliphatic heterocycles. The second kappa shape index (κ2) is 5.38. The zero-order chi connectivity index (χ0) is 10.6. The van der Waals surface area contributed by atoms with Crippen LogP contribution < -0.4 is 0 Å². The summed E-state index contributed by atoms with van der Waals surface area (Å²) in [7, 11) is 0. The molecule has 0 N–H and O–H groups in total. The summed E-state index contributed by atoms with van der Waals surface area (Å²) in [5.41, 5.74) is 0. The molecule has 2 unspecified atom stereocenters. The molecule has 1 fully saturated rings. The van der Waals surface area contributed by atoms with Gasteiger partial charge in [-0.1, -0.05) is 26.7 Å². The van der Waals surface area contributed by atoms with Gasteiger partial charge >= 0.3 is 5.97 Å². The summed E-state index contributed by atoms with van der Waals surface area (Å²) in [5, 5.41) is 0. The minimum atomic E-state index is 0.0258. The smallest absolute Gasteiger partial charge is 0.308 e. The summed E-state index contributed by atoms with van der Waals surface area (Å²) >= 11 is 0. The van der Waals surface area contributed by atoms with Gasteiger partial charge in [-0.2, -0.15) is 0 Å². The number of carbonyl (C=O) groups excluding carboxylic acids is 1. The van der Waals surface area contributed by atoms with Gasteiger partial charge in [0.2, 0.25) is 0 Å². The van der Waals surface area contributed by atoms with Crippen molar-refractivity contribution in [2.45, 2.75) is 46.5 Å². The van der Waals surface area contributed by atoms with E-state index in [-0.39, 0.29) is 11.9 Å². The van der Waals surface area contributed by atoms with Gasteiger partial charge in [0.15, 0.2) is 0 Å². The van der Waals surface area contributed by atoms with Crippen molar-refractivity contribution in [2.24, 2.45) is 17.8 Å². The lowest BCUT2D eigenvalue weighted by Gasteiger charge is -2.30. The summed E-state index contributed by atoms with van der Waals surface area (Å²) in [6.07, 6.45) is 4.54. The third kappa shape index (κ3) is 3.00. The number of rotatable bonds is 3. The van der Waals surface area contributed by atoms with E-state index in [0.29, 0.717) is 12.5 Å². The van der Waals surface area contributed by atoms with Gasteiger partial charge < -0.3 is 4.74 Å². The van der Waals surface area contributed by atoms with Crippen LogP contribution in [0.5, 0.6) is 0 Å². The molecule has 2 nitrogen and oxygen atoms in total. The Labute approximate surface area is 87.0 Å². The zero-order valence-corrected chi connectivity index (χ0v) is 9.58. The van der Waals surface area contributed by atoms with Gasteiger partial charge in [-0.25, -0.2) is 0 Å². The standard InChI is InChI=1S/C12H22O2/c1-4-14-12(13)11-7-5-6-10(8-11)9(2)3/h9-11H,4-8H2,1-3H3. The quantitative estimate of drug-likeness (QED) is 0.652. The van der Waals surface area contributed by atoms with E-state index in [1.165, 1.54) is 12.8 Å². The maximum absolute atomic E-state index is 11.5. The van der Waals surface area contributed by atoms with Crippen LogP contribution in [0, 0.1) is 17.8 Å². The molecule has 2 heteroatoms. The number of hydrogen-bond acceptors (Lipinski definition) is 2. The van der Waals surface area contributed by atoms with Crippen LogP contribution in [0.4, 0.5) is 0 Å². The predicted octanol–water partition coefficient (Wildman–Crippen LogP) is 3.01. The van der Waals surface area contributed by atoms with Crippen LogP contribution in [-0.2, 0) is 9.53 Å². The number of hydrogen-bond donors (Lipinski definition) is 0. The van der Waals surface area contributed by atoms with Gasteiger partial charge in [-0.05, 0) is 31.6 Å². The minimum absolute atomic E-state index is 0.0258. The first-order chi connectivity index (χ1) is 6.65. The van der Waals surface area contributed by atoms with Gasteiger partial charge in [-0.15, -0.1) is 0 Å². The molecule has 0 aromatic carbocycles. The molecule has 0 spiro atoms. The molecule has 0 radical (unpaired) electrons. The molecule has 0 aromatic heterocycles. The highest BCUT2D eigenvalue weighted by molar-refractivity contribution is 5.72. The fourth-order valence-electron chi connectivity index (χ4n) is 2.31. The van der Waals surface area contributed by atoms with E-state index < -0.39 is 0 Å². The van der Waals surface area contributed by atoms with Crippen LogP contribution in [0.1, 0.15) is 46.5 Å². The predicted molar refractivity (Wildman–Crippen MR) is 56.9 cm³/mol. The Morgan fingerprint density at radius 1 is 1.43 bits per heavy atom. The maximum Gasteiger partial charge on any atom is 0.308 e. The highest BCUT2D eigenvalue weighted by atomic mass is 16.5. The van der Waals surface area contributed by atoms with Crippen molar-refractivity contribution in [2.75, 3.05) is 6.61 Å². The highest BCUT2D eigenvalue weighted by Crippen LogP contribution is 2.34. The number of esters is 1. The first-order valence-electron chi connectivity index (χ1n) is 5.81. The number of ether oxygens (including phenoxy) is 1. The van der Waals surface area contributed by atoms with E-state index in [1.807, 2.05) is 6.92 Å². The summed E-state index contributed by atoms with van der Waals surface area (Å²) in [4.78, 5) is 11.5. The molecule has 82 valence electrons. The summed E-state index contributed by atoms with van der Waals surface area (Å²) in [6.45, 7) is 6.89. The van der Waals surface area contributed by atoms with E-state index in [0.717, 1.165) is 18.8 Å². The summed E-state index contributed by atoms with van der Waals surface area (Å²) in [5.74, 6) is 1.62. The van der Waals surface area contributed by atoms with E-state index in [9.17, 15) is 4.79 Å². The van der Waals surface area contributed by atoms with Gasteiger partial charge in [0, 0.05) is 0 Å². The lowest BCUT2D eigenvalue weighted by Crippen LogP contribution is -2.26. The molecule has 0 saturated heterocycles. The molecule has 0 aromatic rings. The summed E-state index contributed by atoms with van der Waals surface area (Å²) in [6, 6.07) is 0. The van der Waals surface area contributed by atoms with Crippen molar-refractivity contribution >= 4 is 5.97 Å². The number of carbonyl (C=O) groups is 1. The van der Waals surface area contributed by atoms with Crippen molar-refractivity contribution in [3.63, 3.8) is 0 Å². The van der Waals surface area contributed by atoms with Crippen LogP contribution in [0.2, 0.25) is 0 Å². The second-order valence-electron chi connectivity index (χ2n) is 4.62.